The summed E-state index contributed by atoms with van der Waals surface area (Å²) in [6, 6.07) is 7.16. The molecule has 1 aromatic carbocycles. The van der Waals surface area contributed by atoms with Crippen LogP contribution >= 0.6 is 0 Å². The zero-order valence-corrected chi connectivity index (χ0v) is 17.3. The van der Waals surface area contributed by atoms with Gasteiger partial charge in [0.15, 0.2) is 11.7 Å². The molecule has 1 aliphatic carbocycles. The first kappa shape index (κ1) is 21.8. The molecule has 2 atom stereocenters. The zero-order valence-electron chi connectivity index (χ0n) is 17.3. The molecule has 0 radical (unpaired) electrons. The fraction of sp³-hybridized carbons (Fsp3) is 0.545. The molecule has 1 saturated heterocycles. The van der Waals surface area contributed by atoms with Crippen LogP contribution in [0.25, 0.3) is 0 Å². The number of rotatable bonds is 9. The summed E-state index contributed by atoms with van der Waals surface area (Å²) in [4.78, 5) is 50.2. The Morgan fingerprint density at radius 1 is 1.20 bits per heavy atom. The Kier molecular flexibility index (Phi) is 6.74. The highest BCUT2D eigenvalue weighted by Gasteiger charge is 2.45. The molecular weight excluding hydrogens is 388 g/mol. The lowest BCUT2D eigenvalue weighted by atomic mass is 9.84. The molecule has 2 amide bonds. The number of benzene rings is 1. The van der Waals surface area contributed by atoms with Gasteiger partial charge in [-0.1, -0.05) is 26.0 Å². The van der Waals surface area contributed by atoms with Crippen LogP contribution in [0.3, 0.4) is 0 Å². The Labute approximate surface area is 175 Å². The quantitative estimate of drug-likeness (QED) is 0.592. The molecule has 2 aliphatic rings. The van der Waals surface area contributed by atoms with Gasteiger partial charge in [-0.2, -0.15) is 0 Å². The van der Waals surface area contributed by atoms with E-state index in [1.54, 1.807) is 4.90 Å². The number of hydrogen-bond acceptors (Lipinski definition) is 5. The van der Waals surface area contributed by atoms with Gasteiger partial charge in [-0.25, -0.2) is 0 Å². The van der Waals surface area contributed by atoms with Crippen molar-refractivity contribution in [2.75, 3.05) is 13.2 Å². The minimum atomic E-state index is -1.50. The van der Waals surface area contributed by atoms with Crippen molar-refractivity contribution in [1.29, 1.82) is 0 Å². The van der Waals surface area contributed by atoms with E-state index in [1.165, 1.54) is 12.8 Å². The SMILES string of the molecule is CC(C)[C@H]1CC(=O)C(C(=O)NCC(=O)O)C(=O)N1Cc1ccc(OCC2CC2)cc1. The lowest BCUT2D eigenvalue weighted by Gasteiger charge is -2.40. The number of carboxylic acid groups (broad SMARTS) is 1. The molecule has 0 aromatic heterocycles. The molecule has 1 saturated carbocycles. The van der Waals surface area contributed by atoms with Crippen LogP contribution in [0.2, 0.25) is 0 Å². The van der Waals surface area contributed by atoms with Gasteiger partial charge in [0, 0.05) is 19.0 Å². The summed E-state index contributed by atoms with van der Waals surface area (Å²) in [7, 11) is 0. The van der Waals surface area contributed by atoms with E-state index in [0.717, 1.165) is 11.3 Å². The molecular formula is C22H28N2O6. The zero-order chi connectivity index (χ0) is 21.8. The van der Waals surface area contributed by atoms with Gasteiger partial charge in [0.05, 0.1) is 6.61 Å². The van der Waals surface area contributed by atoms with E-state index in [1.807, 2.05) is 38.1 Å². The molecule has 1 aromatic rings. The van der Waals surface area contributed by atoms with Gasteiger partial charge in [0.25, 0.3) is 0 Å². The molecule has 1 unspecified atom stereocenters. The maximum absolute atomic E-state index is 13.1. The number of nitrogens with zero attached hydrogens (tertiary/aromatic N) is 1. The maximum Gasteiger partial charge on any atom is 0.322 e. The van der Waals surface area contributed by atoms with Gasteiger partial charge in [0.2, 0.25) is 11.8 Å². The number of carbonyl (C=O) groups excluding carboxylic acids is 3. The number of aliphatic carboxylic acids is 1. The molecule has 2 N–H and O–H groups in total. The van der Waals surface area contributed by atoms with E-state index in [2.05, 4.69) is 5.32 Å². The highest BCUT2D eigenvalue weighted by atomic mass is 16.5. The molecule has 2 fully saturated rings. The average Bonchev–Trinajstić information content (AvgIpc) is 3.52. The van der Waals surface area contributed by atoms with Crippen LogP contribution in [-0.4, -0.2) is 52.8 Å². The molecule has 0 bridgehead atoms. The molecule has 8 heteroatoms. The normalized spacial score (nSPS) is 21.6. The van der Waals surface area contributed by atoms with Gasteiger partial charge in [-0.15, -0.1) is 0 Å². The highest BCUT2D eigenvalue weighted by molar-refractivity contribution is 6.19. The number of piperidine rings is 1. The van der Waals surface area contributed by atoms with E-state index >= 15 is 0 Å². The van der Waals surface area contributed by atoms with Gasteiger partial charge in [-0.05, 0) is 42.4 Å². The highest BCUT2D eigenvalue weighted by Crippen LogP contribution is 2.30. The van der Waals surface area contributed by atoms with Crippen molar-refractivity contribution in [3.05, 3.63) is 29.8 Å². The largest absolute Gasteiger partial charge is 0.493 e. The van der Waals surface area contributed by atoms with Crippen LogP contribution in [0.4, 0.5) is 0 Å². The fourth-order valence-electron chi connectivity index (χ4n) is 3.60. The summed E-state index contributed by atoms with van der Waals surface area (Å²) in [5.41, 5.74) is 0.867. The standard InChI is InChI=1S/C22H28N2O6/c1-13(2)17-9-18(25)20(21(28)23-10-19(26)27)22(29)24(17)11-14-5-7-16(8-6-14)30-12-15-3-4-15/h5-8,13,15,17,20H,3-4,9-12H2,1-2H3,(H,23,28)(H,26,27)/t17-,20?/m1/s1. The maximum atomic E-state index is 13.1. The second kappa shape index (κ2) is 9.28. The van der Waals surface area contributed by atoms with Crippen LogP contribution in [0, 0.1) is 17.8 Å². The van der Waals surface area contributed by atoms with Crippen molar-refractivity contribution in [3.63, 3.8) is 0 Å². The van der Waals surface area contributed by atoms with E-state index in [-0.39, 0.29) is 24.9 Å². The Hall–Kier alpha value is -2.90. The number of nitrogens with one attached hydrogen (secondary N) is 1. The van der Waals surface area contributed by atoms with Gasteiger partial charge in [-0.3, -0.25) is 19.2 Å². The van der Waals surface area contributed by atoms with Crippen LogP contribution < -0.4 is 10.1 Å². The first-order chi connectivity index (χ1) is 14.3. The summed E-state index contributed by atoms with van der Waals surface area (Å²) in [5.74, 6) is -3.18. The minimum absolute atomic E-state index is 0.0297. The summed E-state index contributed by atoms with van der Waals surface area (Å²) in [6.45, 7) is 4.21. The first-order valence-corrected chi connectivity index (χ1v) is 10.3. The average molecular weight is 416 g/mol. The number of carboxylic acids is 1. The fourth-order valence-corrected chi connectivity index (χ4v) is 3.60. The van der Waals surface area contributed by atoms with E-state index < -0.39 is 36.0 Å². The Balaban J connectivity index is 1.71. The Morgan fingerprint density at radius 3 is 2.43 bits per heavy atom. The van der Waals surface area contributed by atoms with Gasteiger partial charge in [0.1, 0.15) is 12.3 Å². The number of carbonyl (C=O) groups is 4. The van der Waals surface area contributed by atoms with Crippen molar-refractivity contribution in [2.45, 2.75) is 45.7 Å². The second-order valence-corrected chi connectivity index (χ2v) is 8.39. The summed E-state index contributed by atoms with van der Waals surface area (Å²) >= 11 is 0. The number of amides is 2. The number of likely N-dealkylation sites (tertiary alicyclic amines) is 1. The van der Waals surface area contributed by atoms with E-state index in [9.17, 15) is 19.2 Å². The van der Waals surface area contributed by atoms with Crippen molar-refractivity contribution >= 4 is 23.6 Å². The van der Waals surface area contributed by atoms with Crippen molar-refractivity contribution in [1.82, 2.24) is 10.2 Å². The lowest BCUT2D eigenvalue weighted by Crippen LogP contribution is -2.57. The smallest absolute Gasteiger partial charge is 0.322 e. The van der Waals surface area contributed by atoms with E-state index in [0.29, 0.717) is 12.5 Å². The topological polar surface area (TPSA) is 113 Å². The monoisotopic (exact) mass is 416 g/mol. The van der Waals surface area contributed by atoms with Crippen LogP contribution in [-0.2, 0) is 25.7 Å². The molecule has 162 valence electrons. The van der Waals surface area contributed by atoms with Crippen LogP contribution in [0.5, 0.6) is 5.75 Å². The summed E-state index contributed by atoms with van der Waals surface area (Å²) in [6.07, 6.45) is 2.49. The minimum Gasteiger partial charge on any atom is -0.493 e. The number of ether oxygens (including phenoxy) is 1. The second-order valence-electron chi connectivity index (χ2n) is 8.39. The molecule has 3 rings (SSSR count). The Bertz CT molecular complexity index is 815. The predicted molar refractivity (Wildman–Crippen MR) is 108 cm³/mol. The molecule has 0 spiro atoms. The van der Waals surface area contributed by atoms with Crippen LogP contribution in [0.1, 0.15) is 38.7 Å². The third-order valence-electron chi connectivity index (χ3n) is 5.57. The van der Waals surface area contributed by atoms with Crippen molar-refractivity contribution < 1.29 is 29.0 Å². The first-order valence-electron chi connectivity index (χ1n) is 10.3. The predicted octanol–water partition coefficient (Wildman–Crippen LogP) is 1.62. The Morgan fingerprint density at radius 2 is 1.87 bits per heavy atom. The number of ketones is 1. The van der Waals surface area contributed by atoms with Crippen molar-refractivity contribution in [3.8, 4) is 5.75 Å². The summed E-state index contributed by atoms with van der Waals surface area (Å²) < 4.78 is 5.74. The molecule has 30 heavy (non-hydrogen) atoms. The molecule has 1 aliphatic heterocycles. The third kappa shape index (κ3) is 5.37. The lowest BCUT2D eigenvalue weighted by molar-refractivity contribution is -0.156. The third-order valence-corrected chi connectivity index (χ3v) is 5.57. The number of hydrogen-bond donors (Lipinski definition) is 2. The van der Waals surface area contributed by atoms with E-state index in [4.69, 9.17) is 9.84 Å². The van der Waals surface area contributed by atoms with Crippen molar-refractivity contribution in [2.24, 2.45) is 17.8 Å². The number of Topliss-reactive ketones (excluding diaryl/α,β-unsaturated/α-hetero) is 1. The molecule has 8 nitrogen and oxygen atoms in total. The van der Waals surface area contributed by atoms with Gasteiger partial charge < -0.3 is 20.1 Å². The molecule has 1 heterocycles. The van der Waals surface area contributed by atoms with Crippen LogP contribution in [0.15, 0.2) is 24.3 Å². The van der Waals surface area contributed by atoms with Gasteiger partial charge >= 0.3 is 5.97 Å². The summed E-state index contributed by atoms with van der Waals surface area (Å²) in [5, 5.41) is 10.9.